The molecule has 0 aliphatic heterocycles. The van der Waals surface area contributed by atoms with Crippen molar-refractivity contribution in [2.75, 3.05) is 7.11 Å². The van der Waals surface area contributed by atoms with Gasteiger partial charge in [0.05, 0.1) is 24.2 Å². The summed E-state index contributed by atoms with van der Waals surface area (Å²) in [6.45, 7) is 0. The van der Waals surface area contributed by atoms with Crippen molar-refractivity contribution in [2.24, 2.45) is 0 Å². The number of hydrogen-bond donors (Lipinski definition) is 1. The first-order valence-corrected chi connectivity index (χ1v) is 5.49. The monoisotopic (exact) mass is 267 g/mol. The van der Waals surface area contributed by atoms with Gasteiger partial charge in [0.25, 0.3) is 0 Å². The standard InChI is InChI=1S/C12H10ClNO4/c1-17-10-3-2-7(4-9(10)13)11-5-8(14-18-11)6-12(15)16/h2-5H,6H2,1H3,(H,15,16). The normalized spacial score (nSPS) is 10.3. The number of ether oxygens (including phenoxy) is 1. The molecular weight excluding hydrogens is 258 g/mol. The highest BCUT2D eigenvalue weighted by atomic mass is 35.5. The van der Waals surface area contributed by atoms with Crippen LogP contribution in [0.3, 0.4) is 0 Å². The predicted molar refractivity (Wildman–Crippen MR) is 64.8 cm³/mol. The third-order valence-electron chi connectivity index (χ3n) is 2.33. The number of hydrogen-bond acceptors (Lipinski definition) is 4. The minimum atomic E-state index is -0.956. The number of benzene rings is 1. The van der Waals surface area contributed by atoms with Crippen molar-refractivity contribution in [3.05, 3.63) is 35.0 Å². The number of aliphatic carboxylic acids is 1. The van der Waals surface area contributed by atoms with Crippen molar-refractivity contribution >= 4 is 17.6 Å². The van der Waals surface area contributed by atoms with Gasteiger partial charge in [-0.15, -0.1) is 0 Å². The second-order valence-corrected chi connectivity index (χ2v) is 4.01. The smallest absolute Gasteiger partial charge is 0.309 e. The zero-order chi connectivity index (χ0) is 13.1. The van der Waals surface area contributed by atoms with E-state index in [1.165, 1.54) is 7.11 Å². The lowest BCUT2D eigenvalue weighted by atomic mass is 10.1. The number of carboxylic acid groups (broad SMARTS) is 1. The van der Waals surface area contributed by atoms with Crippen LogP contribution in [0.1, 0.15) is 5.69 Å². The fourth-order valence-corrected chi connectivity index (χ4v) is 1.76. The molecule has 0 fully saturated rings. The molecule has 0 aliphatic rings. The first-order valence-electron chi connectivity index (χ1n) is 5.11. The highest BCUT2D eigenvalue weighted by molar-refractivity contribution is 6.32. The van der Waals surface area contributed by atoms with Gasteiger partial charge in [0.1, 0.15) is 5.75 Å². The molecule has 18 heavy (non-hydrogen) atoms. The third kappa shape index (κ3) is 2.62. The molecule has 1 heterocycles. The molecule has 5 nitrogen and oxygen atoms in total. The van der Waals surface area contributed by atoms with Crippen molar-refractivity contribution in [1.82, 2.24) is 5.16 Å². The molecule has 94 valence electrons. The fraction of sp³-hybridized carbons (Fsp3) is 0.167. The van der Waals surface area contributed by atoms with E-state index in [9.17, 15) is 4.79 Å². The van der Waals surface area contributed by atoms with Gasteiger partial charge in [-0.05, 0) is 18.2 Å². The summed E-state index contributed by atoms with van der Waals surface area (Å²) in [5, 5.41) is 12.8. The SMILES string of the molecule is COc1ccc(-c2cc(CC(=O)O)no2)cc1Cl. The molecule has 0 bridgehead atoms. The minimum absolute atomic E-state index is 0.173. The van der Waals surface area contributed by atoms with Crippen LogP contribution in [0.15, 0.2) is 28.8 Å². The van der Waals surface area contributed by atoms with E-state index in [1.54, 1.807) is 24.3 Å². The van der Waals surface area contributed by atoms with E-state index in [2.05, 4.69) is 5.16 Å². The van der Waals surface area contributed by atoms with Gasteiger partial charge in [-0.1, -0.05) is 16.8 Å². The summed E-state index contributed by atoms with van der Waals surface area (Å²) in [6.07, 6.45) is -0.173. The Morgan fingerprint density at radius 1 is 1.50 bits per heavy atom. The fourth-order valence-electron chi connectivity index (χ4n) is 1.51. The second kappa shape index (κ2) is 5.10. The number of aromatic nitrogens is 1. The van der Waals surface area contributed by atoms with Gasteiger partial charge in [-0.3, -0.25) is 4.79 Å². The summed E-state index contributed by atoms with van der Waals surface area (Å²) in [5.41, 5.74) is 1.08. The van der Waals surface area contributed by atoms with Gasteiger partial charge in [0.2, 0.25) is 0 Å². The van der Waals surface area contributed by atoms with E-state index < -0.39 is 5.97 Å². The average Bonchev–Trinajstić information content (AvgIpc) is 2.76. The van der Waals surface area contributed by atoms with Gasteiger partial charge < -0.3 is 14.4 Å². The number of nitrogens with zero attached hydrogens (tertiary/aromatic N) is 1. The molecule has 2 aromatic rings. The largest absolute Gasteiger partial charge is 0.495 e. The van der Waals surface area contributed by atoms with Crippen LogP contribution in [-0.2, 0) is 11.2 Å². The van der Waals surface area contributed by atoms with Gasteiger partial charge in [0.15, 0.2) is 5.76 Å². The molecule has 1 aromatic heterocycles. The first-order chi connectivity index (χ1) is 8.60. The maximum absolute atomic E-state index is 10.5. The summed E-state index contributed by atoms with van der Waals surface area (Å²) in [4.78, 5) is 10.5. The Kier molecular flexibility index (Phi) is 3.53. The topological polar surface area (TPSA) is 72.6 Å². The van der Waals surface area contributed by atoms with Crippen molar-refractivity contribution in [3.8, 4) is 17.1 Å². The molecule has 6 heteroatoms. The molecule has 0 unspecified atom stereocenters. The van der Waals surface area contributed by atoms with E-state index >= 15 is 0 Å². The van der Waals surface area contributed by atoms with Gasteiger partial charge in [0, 0.05) is 11.6 Å². The van der Waals surface area contributed by atoms with E-state index in [4.69, 9.17) is 26.0 Å². The molecule has 0 saturated heterocycles. The predicted octanol–water partition coefficient (Wildman–Crippen LogP) is 2.63. The Morgan fingerprint density at radius 3 is 2.89 bits per heavy atom. The Labute approximate surface area is 108 Å². The molecule has 0 spiro atoms. The van der Waals surface area contributed by atoms with Crippen molar-refractivity contribution in [2.45, 2.75) is 6.42 Å². The van der Waals surface area contributed by atoms with Crippen LogP contribution in [0.25, 0.3) is 11.3 Å². The summed E-state index contributed by atoms with van der Waals surface area (Å²) in [5.74, 6) is 0.0732. The van der Waals surface area contributed by atoms with Gasteiger partial charge in [-0.2, -0.15) is 0 Å². The molecule has 1 N–H and O–H groups in total. The van der Waals surface area contributed by atoms with Gasteiger partial charge in [-0.25, -0.2) is 0 Å². The molecule has 2 rings (SSSR count). The number of carboxylic acids is 1. The lowest BCUT2D eigenvalue weighted by molar-refractivity contribution is -0.136. The van der Waals surface area contributed by atoms with Crippen LogP contribution in [0.4, 0.5) is 0 Å². The van der Waals surface area contributed by atoms with E-state index in [1.807, 2.05) is 0 Å². The highest BCUT2D eigenvalue weighted by Crippen LogP contribution is 2.30. The summed E-state index contributed by atoms with van der Waals surface area (Å²) in [6, 6.07) is 6.71. The van der Waals surface area contributed by atoms with Crippen LogP contribution in [0, 0.1) is 0 Å². The first kappa shape index (κ1) is 12.4. The van der Waals surface area contributed by atoms with Crippen LogP contribution in [-0.4, -0.2) is 23.3 Å². The Balaban J connectivity index is 2.28. The molecule has 0 atom stereocenters. The molecule has 0 saturated carbocycles. The zero-order valence-electron chi connectivity index (χ0n) is 9.51. The van der Waals surface area contributed by atoms with Gasteiger partial charge >= 0.3 is 5.97 Å². The number of rotatable bonds is 4. The summed E-state index contributed by atoms with van der Waals surface area (Å²) < 4.78 is 10.1. The number of halogens is 1. The number of methoxy groups -OCH3 is 1. The lowest BCUT2D eigenvalue weighted by Gasteiger charge is -2.03. The van der Waals surface area contributed by atoms with Crippen molar-refractivity contribution in [3.63, 3.8) is 0 Å². The zero-order valence-corrected chi connectivity index (χ0v) is 10.3. The Bertz CT molecular complexity index is 579. The maximum atomic E-state index is 10.5. The Hall–Kier alpha value is -2.01. The van der Waals surface area contributed by atoms with Crippen molar-refractivity contribution in [1.29, 1.82) is 0 Å². The highest BCUT2D eigenvalue weighted by Gasteiger charge is 2.11. The average molecular weight is 268 g/mol. The van der Waals surface area contributed by atoms with Crippen LogP contribution in [0.5, 0.6) is 5.75 Å². The van der Waals surface area contributed by atoms with E-state index in [-0.39, 0.29) is 6.42 Å². The van der Waals surface area contributed by atoms with E-state index in [0.717, 1.165) is 0 Å². The molecule has 0 amide bonds. The van der Waals surface area contributed by atoms with Crippen LogP contribution >= 0.6 is 11.6 Å². The minimum Gasteiger partial charge on any atom is -0.495 e. The van der Waals surface area contributed by atoms with Crippen LogP contribution in [0.2, 0.25) is 5.02 Å². The Morgan fingerprint density at radius 2 is 2.28 bits per heavy atom. The number of carbonyl (C=O) groups is 1. The molecule has 1 aromatic carbocycles. The maximum Gasteiger partial charge on any atom is 0.309 e. The molecule has 0 radical (unpaired) electrons. The quantitative estimate of drug-likeness (QED) is 0.922. The molecule has 0 aliphatic carbocycles. The molecular formula is C12H10ClNO4. The van der Waals surface area contributed by atoms with Crippen LogP contribution < -0.4 is 4.74 Å². The second-order valence-electron chi connectivity index (χ2n) is 3.60. The summed E-state index contributed by atoms with van der Waals surface area (Å²) >= 11 is 5.99. The van der Waals surface area contributed by atoms with Crippen molar-refractivity contribution < 1.29 is 19.2 Å². The third-order valence-corrected chi connectivity index (χ3v) is 2.62. The lowest BCUT2D eigenvalue weighted by Crippen LogP contribution is -1.99. The van der Waals surface area contributed by atoms with E-state index in [0.29, 0.717) is 27.8 Å². The summed E-state index contributed by atoms with van der Waals surface area (Å²) in [7, 11) is 1.53.